The summed E-state index contributed by atoms with van der Waals surface area (Å²) in [4.78, 5) is 2.62. The van der Waals surface area contributed by atoms with Crippen molar-refractivity contribution in [2.75, 3.05) is 4.90 Å². The van der Waals surface area contributed by atoms with Gasteiger partial charge in [0.1, 0.15) is 0 Å². The van der Waals surface area contributed by atoms with Crippen LogP contribution in [0, 0.1) is 0 Å². The highest BCUT2D eigenvalue weighted by Crippen LogP contribution is 2.44. The molecule has 1 saturated carbocycles. The van der Waals surface area contributed by atoms with Crippen LogP contribution < -0.4 is 4.90 Å². The molecule has 2 aliphatic rings. The first-order chi connectivity index (χ1) is 8.43. The van der Waals surface area contributed by atoms with Crippen LogP contribution in [0.15, 0.2) is 42.5 Å². The highest BCUT2D eigenvalue weighted by Gasteiger charge is 2.48. The molecular weight excluding hydrogens is 206 g/mol. The van der Waals surface area contributed by atoms with Gasteiger partial charge >= 0.3 is 0 Å². The van der Waals surface area contributed by atoms with Crippen LogP contribution in [0.4, 0.5) is 5.69 Å². The number of fused-ring (bicyclic) bond motifs is 2. The molecule has 0 amide bonds. The third-order valence-electron chi connectivity index (χ3n) is 4.35. The fourth-order valence-electron chi connectivity index (χ4n) is 3.43. The van der Waals surface area contributed by atoms with E-state index in [1.165, 1.54) is 42.1 Å². The molecule has 0 spiro atoms. The summed E-state index contributed by atoms with van der Waals surface area (Å²) in [7, 11) is 0. The van der Waals surface area contributed by atoms with E-state index < -0.39 is 0 Å². The Kier molecular flexibility index (Phi) is 1.96. The van der Waals surface area contributed by atoms with Gasteiger partial charge in [0.05, 0.1) is 0 Å². The lowest BCUT2D eigenvalue weighted by atomic mass is 10.0. The van der Waals surface area contributed by atoms with Crippen LogP contribution in [0.3, 0.4) is 0 Å². The zero-order valence-corrected chi connectivity index (χ0v) is 9.97. The number of hydrogen-bond donors (Lipinski definition) is 0. The quantitative estimate of drug-likeness (QED) is 0.661. The molecule has 86 valence electrons. The van der Waals surface area contributed by atoms with Crippen LogP contribution in [-0.2, 0) is 0 Å². The molecule has 2 unspecified atom stereocenters. The van der Waals surface area contributed by atoms with Gasteiger partial charge in [-0.3, -0.25) is 0 Å². The normalized spacial score (nSPS) is 26.9. The van der Waals surface area contributed by atoms with Crippen molar-refractivity contribution in [3.8, 4) is 0 Å². The Morgan fingerprint density at radius 1 is 0.824 bits per heavy atom. The van der Waals surface area contributed by atoms with Gasteiger partial charge < -0.3 is 4.90 Å². The van der Waals surface area contributed by atoms with Gasteiger partial charge in [0.15, 0.2) is 0 Å². The maximum atomic E-state index is 2.62. The van der Waals surface area contributed by atoms with E-state index in [1.807, 2.05) is 0 Å². The fraction of sp³-hybridized carbons (Fsp3) is 0.375. The first kappa shape index (κ1) is 9.52. The maximum Gasteiger partial charge on any atom is 0.0497 e. The average Bonchev–Trinajstić information content (AvgIpc) is 3.12. The SMILES string of the molecule is c1ccc2cc(N3C4CCCCC43)ccc2c1. The van der Waals surface area contributed by atoms with E-state index in [0.29, 0.717) is 0 Å². The van der Waals surface area contributed by atoms with Crippen LogP contribution in [0.1, 0.15) is 25.7 Å². The first-order valence-corrected chi connectivity index (χ1v) is 6.71. The van der Waals surface area contributed by atoms with Gasteiger partial charge in [-0.25, -0.2) is 0 Å². The molecular formula is C16H17N. The van der Waals surface area contributed by atoms with E-state index in [9.17, 15) is 0 Å². The number of rotatable bonds is 1. The standard InChI is InChI=1S/C16H17N/c1-2-6-13-11-14(10-9-12(13)5-1)17-15-7-3-4-8-16(15)17/h1-2,5-6,9-11,15-16H,3-4,7-8H2. The number of anilines is 1. The van der Waals surface area contributed by atoms with Crippen molar-refractivity contribution in [1.82, 2.24) is 0 Å². The van der Waals surface area contributed by atoms with Crippen LogP contribution in [0.2, 0.25) is 0 Å². The Bertz CT molecular complexity index is 548. The van der Waals surface area contributed by atoms with Gasteiger partial charge in [0.25, 0.3) is 0 Å². The summed E-state index contributed by atoms with van der Waals surface area (Å²) in [6.45, 7) is 0. The van der Waals surface area contributed by atoms with Crippen molar-refractivity contribution in [2.45, 2.75) is 37.8 Å². The molecule has 2 aromatic rings. The third kappa shape index (κ3) is 1.45. The predicted octanol–water partition coefficient (Wildman–Crippen LogP) is 3.97. The van der Waals surface area contributed by atoms with Crippen LogP contribution in [0.25, 0.3) is 10.8 Å². The van der Waals surface area contributed by atoms with Gasteiger partial charge in [-0.2, -0.15) is 0 Å². The van der Waals surface area contributed by atoms with E-state index in [-0.39, 0.29) is 0 Å². The summed E-state index contributed by atoms with van der Waals surface area (Å²) >= 11 is 0. The molecule has 17 heavy (non-hydrogen) atoms. The summed E-state index contributed by atoms with van der Waals surface area (Å²) in [5.41, 5.74) is 1.43. The summed E-state index contributed by atoms with van der Waals surface area (Å²) in [5, 5.41) is 2.72. The van der Waals surface area contributed by atoms with Crippen molar-refractivity contribution in [1.29, 1.82) is 0 Å². The Morgan fingerprint density at radius 2 is 1.53 bits per heavy atom. The second-order valence-electron chi connectivity index (χ2n) is 5.36. The van der Waals surface area contributed by atoms with Gasteiger partial charge in [-0.1, -0.05) is 43.2 Å². The molecule has 1 heterocycles. The molecule has 4 rings (SSSR count). The van der Waals surface area contributed by atoms with E-state index >= 15 is 0 Å². The monoisotopic (exact) mass is 223 g/mol. The van der Waals surface area contributed by atoms with Crippen molar-refractivity contribution in [3.63, 3.8) is 0 Å². The van der Waals surface area contributed by atoms with Crippen molar-refractivity contribution >= 4 is 16.5 Å². The topological polar surface area (TPSA) is 3.01 Å². The lowest BCUT2D eigenvalue weighted by Crippen LogP contribution is -2.00. The van der Waals surface area contributed by atoms with Gasteiger partial charge in [-0.15, -0.1) is 0 Å². The zero-order chi connectivity index (χ0) is 11.2. The lowest BCUT2D eigenvalue weighted by Gasteiger charge is -2.07. The lowest BCUT2D eigenvalue weighted by molar-refractivity contribution is 0.571. The molecule has 0 bridgehead atoms. The van der Waals surface area contributed by atoms with Crippen LogP contribution >= 0.6 is 0 Å². The molecule has 2 aromatic carbocycles. The summed E-state index contributed by atoms with van der Waals surface area (Å²) in [6, 6.07) is 17.2. The van der Waals surface area contributed by atoms with E-state index in [2.05, 4.69) is 47.4 Å². The molecule has 2 atom stereocenters. The highest BCUT2D eigenvalue weighted by atomic mass is 15.4. The first-order valence-electron chi connectivity index (χ1n) is 6.71. The van der Waals surface area contributed by atoms with Gasteiger partial charge in [0.2, 0.25) is 0 Å². The third-order valence-corrected chi connectivity index (χ3v) is 4.35. The second-order valence-corrected chi connectivity index (χ2v) is 5.36. The van der Waals surface area contributed by atoms with Gasteiger partial charge in [-0.05, 0) is 35.7 Å². The summed E-state index contributed by atoms with van der Waals surface area (Å²) in [6.07, 6.45) is 5.64. The van der Waals surface area contributed by atoms with E-state index in [1.54, 1.807) is 0 Å². The molecule has 0 aromatic heterocycles. The van der Waals surface area contributed by atoms with Crippen molar-refractivity contribution in [2.24, 2.45) is 0 Å². The van der Waals surface area contributed by atoms with Crippen molar-refractivity contribution < 1.29 is 0 Å². The smallest absolute Gasteiger partial charge is 0.0497 e. The highest BCUT2D eigenvalue weighted by molar-refractivity contribution is 5.86. The Balaban J connectivity index is 1.72. The summed E-state index contributed by atoms with van der Waals surface area (Å²) in [5.74, 6) is 0. The largest absolute Gasteiger partial charge is 0.361 e. The minimum absolute atomic E-state index is 0.852. The number of benzene rings is 2. The average molecular weight is 223 g/mol. The van der Waals surface area contributed by atoms with Crippen LogP contribution in [0.5, 0.6) is 0 Å². The maximum absolute atomic E-state index is 2.62. The predicted molar refractivity (Wildman–Crippen MR) is 72.5 cm³/mol. The summed E-state index contributed by atoms with van der Waals surface area (Å²) < 4.78 is 0. The molecule has 0 radical (unpaired) electrons. The minimum atomic E-state index is 0.852. The zero-order valence-electron chi connectivity index (χ0n) is 9.97. The van der Waals surface area contributed by atoms with Crippen LogP contribution in [-0.4, -0.2) is 12.1 Å². The van der Waals surface area contributed by atoms with Crippen molar-refractivity contribution in [3.05, 3.63) is 42.5 Å². The Labute approximate surface area is 102 Å². The van der Waals surface area contributed by atoms with Gasteiger partial charge in [0, 0.05) is 17.8 Å². The number of nitrogens with zero attached hydrogens (tertiary/aromatic N) is 1. The minimum Gasteiger partial charge on any atom is -0.361 e. The molecule has 1 saturated heterocycles. The second kappa shape index (κ2) is 3.49. The van der Waals surface area contributed by atoms with E-state index in [4.69, 9.17) is 0 Å². The molecule has 1 aliphatic heterocycles. The van der Waals surface area contributed by atoms with E-state index in [0.717, 1.165) is 12.1 Å². The molecule has 2 fully saturated rings. The Hall–Kier alpha value is -1.50. The number of hydrogen-bond acceptors (Lipinski definition) is 1. The fourth-order valence-corrected chi connectivity index (χ4v) is 3.43. The molecule has 1 heteroatoms. The molecule has 0 N–H and O–H groups in total. The molecule has 1 nitrogen and oxygen atoms in total. The molecule has 1 aliphatic carbocycles. The Morgan fingerprint density at radius 3 is 2.29 bits per heavy atom.